The van der Waals surface area contributed by atoms with Gasteiger partial charge >= 0.3 is 0 Å². The summed E-state index contributed by atoms with van der Waals surface area (Å²) >= 11 is 0. The molecule has 0 aliphatic heterocycles. The summed E-state index contributed by atoms with van der Waals surface area (Å²) in [5.41, 5.74) is 3.25. The van der Waals surface area contributed by atoms with Gasteiger partial charge in [0, 0.05) is 24.1 Å². The van der Waals surface area contributed by atoms with Crippen molar-refractivity contribution in [1.29, 1.82) is 0 Å². The van der Waals surface area contributed by atoms with E-state index in [-0.39, 0.29) is 17.2 Å². The molecule has 4 nitrogen and oxygen atoms in total. The second-order valence-corrected chi connectivity index (χ2v) is 7.31. The molecule has 1 aliphatic rings. The Balaban J connectivity index is 1.79. The highest BCUT2D eigenvalue weighted by atomic mass is 16.2. The highest BCUT2D eigenvalue weighted by Crippen LogP contribution is 2.27. The summed E-state index contributed by atoms with van der Waals surface area (Å²) in [6, 6.07) is 6.17. The molecule has 0 spiro atoms. The van der Waals surface area contributed by atoms with Gasteiger partial charge in [-0.3, -0.25) is 9.59 Å². The summed E-state index contributed by atoms with van der Waals surface area (Å²) in [6.07, 6.45) is 5.67. The van der Waals surface area contributed by atoms with Gasteiger partial charge in [0.1, 0.15) is 0 Å². The van der Waals surface area contributed by atoms with Crippen molar-refractivity contribution in [3.63, 3.8) is 0 Å². The number of anilines is 1. The Labute approximate surface area is 139 Å². The third kappa shape index (κ3) is 5.08. The van der Waals surface area contributed by atoms with Crippen LogP contribution < -0.4 is 10.6 Å². The summed E-state index contributed by atoms with van der Waals surface area (Å²) < 4.78 is 0. The van der Waals surface area contributed by atoms with E-state index in [9.17, 15) is 9.59 Å². The first-order valence-electron chi connectivity index (χ1n) is 8.57. The number of benzene rings is 1. The number of fused-ring (bicyclic) bond motifs is 1. The van der Waals surface area contributed by atoms with E-state index in [2.05, 4.69) is 16.7 Å². The van der Waals surface area contributed by atoms with E-state index in [1.54, 1.807) is 0 Å². The molecule has 0 radical (unpaired) electrons. The van der Waals surface area contributed by atoms with Gasteiger partial charge in [-0.25, -0.2) is 0 Å². The minimum Gasteiger partial charge on any atom is -0.356 e. The number of carbonyl (C=O) groups excluding carboxylic acids is 2. The van der Waals surface area contributed by atoms with Crippen LogP contribution >= 0.6 is 0 Å². The number of rotatable bonds is 5. The first-order chi connectivity index (χ1) is 10.9. The average Bonchev–Trinajstić information content (AvgIpc) is 2.51. The van der Waals surface area contributed by atoms with Crippen molar-refractivity contribution in [1.82, 2.24) is 5.32 Å². The molecule has 1 aromatic carbocycles. The predicted octanol–water partition coefficient (Wildman–Crippen LogP) is 3.45. The fourth-order valence-electron chi connectivity index (χ4n) is 2.83. The van der Waals surface area contributed by atoms with Gasteiger partial charge in [-0.15, -0.1) is 0 Å². The third-order valence-electron chi connectivity index (χ3n) is 4.22. The topological polar surface area (TPSA) is 58.2 Å². The lowest BCUT2D eigenvalue weighted by molar-refractivity contribution is -0.128. The quantitative estimate of drug-likeness (QED) is 0.818. The summed E-state index contributed by atoms with van der Waals surface area (Å²) in [4.78, 5) is 23.9. The molecule has 2 amide bonds. The lowest BCUT2D eigenvalue weighted by atomic mass is 9.90. The van der Waals surface area contributed by atoms with Crippen LogP contribution in [0.5, 0.6) is 0 Å². The van der Waals surface area contributed by atoms with Crippen molar-refractivity contribution in [3.8, 4) is 0 Å². The minimum absolute atomic E-state index is 0.0222. The first-order valence-corrected chi connectivity index (χ1v) is 8.57. The van der Waals surface area contributed by atoms with E-state index in [0.29, 0.717) is 19.4 Å². The Hall–Kier alpha value is -1.84. The molecule has 1 aliphatic carbocycles. The molecule has 2 N–H and O–H groups in total. The lowest BCUT2D eigenvalue weighted by Crippen LogP contribution is -2.35. The van der Waals surface area contributed by atoms with Gasteiger partial charge in [-0.1, -0.05) is 32.9 Å². The largest absolute Gasteiger partial charge is 0.356 e. The van der Waals surface area contributed by atoms with Crippen molar-refractivity contribution >= 4 is 17.5 Å². The van der Waals surface area contributed by atoms with Gasteiger partial charge in [0.2, 0.25) is 11.8 Å². The van der Waals surface area contributed by atoms with Crippen molar-refractivity contribution in [2.45, 2.75) is 59.3 Å². The molecular formula is C19H28N2O2. The maximum atomic E-state index is 12.1. The van der Waals surface area contributed by atoms with Crippen molar-refractivity contribution in [2.24, 2.45) is 5.41 Å². The maximum Gasteiger partial charge on any atom is 0.225 e. The van der Waals surface area contributed by atoms with E-state index >= 15 is 0 Å². The monoisotopic (exact) mass is 316 g/mol. The standard InChI is InChI=1S/C19H28N2O2/c1-19(2,3)18(23)20-13-7-12-17(22)21-16-11-6-9-14-8-4-5-10-15(14)16/h6,9,11H,4-5,7-8,10,12-13H2,1-3H3,(H,20,23)(H,21,22). The SMILES string of the molecule is CC(C)(C)C(=O)NCCCC(=O)Nc1cccc2c1CCCC2. The van der Waals surface area contributed by atoms with E-state index < -0.39 is 0 Å². The molecule has 4 heteroatoms. The molecule has 0 saturated heterocycles. The Kier molecular flexibility index (Phi) is 5.80. The number of hydrogen-bond acceptors (Lipinski definition) is 2. The molecule has 1 aromatic rings. The molecular weight excluding hydrogens is 288 g/mol. The molecule has 0 saturated carbocycles. The fraction of sp³-hybridized carbons (Fsp3) is 0.579. The zero-order valence-corrected chi connectivity index (χ0v) is 14.5. The Morgan fingerprint density at radius 2 is 1.87 bits per heavy atom. The van der Waals surface area contributed by atoms with Crippen LogP contribution in [0.4, 0.5) is 5.69 Å². The summed E-state index contributed by atoms with van der Waals surface area (Å²) in [7, 11) is 0. The third-order valence-corrected chi connectivity index (χ3v) is 4.22. The van der Waals surface area contributed by atoms with Gasteiger partial charge in [0.15, 0.2) is 0 Å². The molecule has 0 fully saturated rings. The highest BCUT2D eigenvalue weighted by Gasteiger charge is 2.20. The molecule has 0 atom stereocenters. The van der Waals surface area contributed by atoms with Gasteiger partial charge in [-0.2, -0.15) is 0 Å². The minimum atomic E-state index is -0.384. The summed E-state index contributed by atoms with van der Waals surface area (Å²) in [5, 5.41) is 5.91. The predicted molar refractivity (Wildman–Crippen MR) is 93.4 cm³/mol. The average molecular weight is 316 g/mol. The van der Waals surface area contributed by atoms with Crippen molar-refractivity contribution in [3.05, 3.63) is 29.3 Å². The number of hydrogen-bond donors (Lipinski definition) is 2. The number of carbonyl (C=O) groups is 2. The molecule has 126 valence electrons. The van der Waals surface area contributed by atoms with Crippen molar-refractivity contribution < 1.29 is 9.59 Å². The van der Waals surface area contributed by atoms with Crippen LogP contribution in [0.15, 0.2) is 18.2 Å². The smallest absolute Gasteiger partial charge is 0.225 e. The van der Waals surface area contributed by atoms with Crippen molar-refractivity contribution in [2.75, 3.05) is 11.9 Å². The fourth-order valence-corrected chi connectivity index (χ4v) is 2.83. The van der Waals surface area contributed by atoms with E-state index in [1.807, 2.05) is 32.9 Å². The summed E-state index contributed by atoms with van der Waals surface area (Å²) in [5.74, 6) is 0.0454. The number of amides is 2. The molecule has 0 unspecified atom stereocenters. The maximum absolute atomic E-state index is 12.1. The first kappa shape index (κ1) is 17.5. The van der Waals surface area contributed by atoms with E-state index in [4.69, 9.17) is 0 Å². The second kappa shape index (κ2) is 7.62. The Morgan fingerprint density at radius 3 is 2.61 bits per heavy atom. The number of nitrogens with one attached hydrogen (secondary N) is 2. The zero-order valence-electron chi connectivity index (χ0n) is 14.5. The lowest BCUT2D eigenvalue weighted by Gasteiger charge is -2.20. The van der Waals surface area contributed by atoms with Crippen LogP contribution in [-0.4, -0.2) is 18.4 Å². The van der Waals surface area contributed by atoms with Crippen LogP contribution in [0.3, 0.4) is 0 Å². The van der Waals surface area contributed by atoms with E-state index in [0.717, 1.165) is 18.5 Å². The summed E-state index contributed by atoms with van der Waals surface area (Å²) in [6.45, 7) is 6.19. The molecule has 0 aromatic heterocycles. The highest BCUT2D eigenvalue weighted by molar-refractivity contribution is 5.91. The molecule has 2 rings (SSSR count). The van der Waals surface area contributed by atoms with Gasteiger partial charge in [-0.05, 0) is 49.3 Å². The normalized spacial score (nSPS) is 14.0. The second-order valence-electron chi connectivity index (χ2n) is 7.31. The van der Waals surface area contributed by atoms with Crippen LogP contribution in [0.2, 0.25) is 0 Å². The number of aryl methyl sites for hydroxylation is 1. The van der Waals surface area contributed by atoms with Crippen LogP contribution in [0, 0.1) is 5.41 Å². The van der Waals surface area contributed by atoms with Gasteiger partial charge in [0.25, 0.3) is 0 Å². The molecule has 23 heavy (non-hydrogen) atoms. The van der Waals surface area contributed by atoms with Gasteiger partial charge in [0.05, 0.1) is 0 Å². The van der Waals surface area contributed by atoms with Crippen LogP contribution in [0.1, 0.15) is 57.6 Å². The van der Waals surface area contributed by atoms with Gasteiger partial charge < -0.3 is 10.6 Å². The Bertz CT molecular complexity index is 573. The Morgan fingerprint density at radius 1 is 1.13 bits per heavy atom. The van der Waals surface area contributed by atoms with Crippen LogP contribution in [0.25, 0.3) is 0 Å². The molecule has 0 bridgehead atoms. The molecule has 0 heterocycles. The van der Waals surface area contributed by atoms with E-state index in [1.165, 1.54) is 24.0 Å². The van der Waals surface area contributed by atoms with Crippen LogP contribution in [-0.2, 0) is 22.4 Å². The zero-order chi connectivity index (χ0) is 16.9.